The Bertz CT molecular complexity index is 773. The molecule has 0 spiro atoms. The molecule has 0 radical (unpaired) electrons. The number of hydrogen-bond acceptors (Lipinski definition) is 3. The Hall–Kier alpha value is -2.70. The maximum Gasteiger partial charge on any atom is 0.416 e. The molecule has 0 heterocycles. The van der Waals surface area contributed by atoms with Crippen LogP contribution in [0.5, 0.6) is 11.5 Å². The van der Waals surface area contributed by atoms with Crippen LogP contribution in [0, 0.1) is 6.92 Å². The molecule has 2 aromatic rings. The normalized spacial score (nSPS) is 11.1. The van der Waals surface area contributed by atoms with Gasteiger partial charge in [0.1, 0.15) is 0 Å². The lowest BCUT2D eigenvalue weighted by molar-refractivity contribution is -0.138. The second kappa shape index (κ2) is 7.46. The van der Waals surface area contributed by atoms with Gasteiger partial charge in [-0.1, -0.05) is 12.1 Å². The lowest BCUT2D eigenvalue weighted by Crippen LogP contribution is -2.16. The SMILES string of the molecule is COc1ccc(CC(=O)Nc2ccc(C)c(C(F)(F)F)c2)cc1OC. The number of methoxy groups -OCH3 is 2. The summed E-state index contributed by atoms with van der Waals surface area (Å²) in [4.78, 5) is 12.1. The number of amides is 1. The van der Waals surface area contributed by atoms with E-state index in [-0.39, 0.29) is 17.7 Å². The van der Waals surface area contributed by atoms with Crippen molar-refractivity contribution < 1.29 is 27.4 Å². The van der Waals surface area contributed by atoms with Gasteiger partial charge in [0.15, 0.2) is 11.5 Å². The molecule has 0 aromatic heterocycles. The van der Waals surface area contributed by atoms with E-state index in [1.165, 1.54) is 33.3 Å². The van der Waals surface area contributed by atoms with Crippen molar-refractivity contribution in [1.82, 2.24) is 0 Å². The van der Waals surface area contributed by atoms with Gasteiger partial charge < -0.3 is 14.8 Å². The highest BCUT2D eigenvalue weighted by Crippen LogP contribution is 2.33. The molecule has 0 saturated carbocycles. The van der Waals surface area contributed by atoms with Gasteiger partial charge in [0.25, 0.3) is 0 Å². The van der Waals surface area contributed by atoms with E-state index in [1.54, 1.807) is 18.2 Å². The van der Waals surface area contributed by atoms with Crippen LogP contribution in [-0.2, 0) is 17.4 Å². The Labute approximate surface area is 143 Å². The maximum absolute atomic E-state index is 12.9. The zero-order chi connectivity index (χ0) is 18.6. The smallest absolute Gasteiger partial charge is 0.416 e. The molecule has 2 rings (SSSR count). The van der Waals surface area contributed by atoms with Gasteiger partial charge in [-0.15, -0.1) is 0 Å². The van der Waals surface area contributed by atoms with Crippen molar-refractivity contribution in [3.8, 4) is 11.5 Å². The van der Waals surface area contributed by atoms with E-state index in [2.05, 4.69) is 5.32 Å². The highest BCUT2D eigenvalue weighted by Gasteiger charge is 2.32. The van der Waals surface area contributed by atoms with Crippen molar-refractivity contribution >= 4 is 11.6 Å². The highest BCUT2D eigenvalue weighted by molar-refractivity contribution is 5.92. The first-order valence-corrected chi connectivity index (χ1v) is 7.43. The lowest BCUT2D eigenvalue weighted by atomic mass is 10.1. The second-order valence-electron chi connectivity index (χ2n) is 5.44. The van der Waals surface area contributed by atoms with E-state index in [0.717, 1.165) is 6.07 Å². The third-order valence-electron chi connectivity index (χ3n) is 3.64. The molecule has 0 atom stereocenters. The van der Waals surface area contributed by atoms with Crippen LogP contribution in [0.3, 0.4) is 0 Å². The Morgan fingerprint density at radius 1 is 1.04 bits per heavy atom. The van der Waals surface area contributed by atoms with Crippen LogP contribution < -0.4 is 14.8 Å². The van der Waals surface area contributed by atoms with Crippen molar-refractivity contribution in [1.29, 1.82) is 0 Å². The first-order valence-electron chi connectivity index (χ1n) is 7.43. The Morgan fingerprint density at radius 2 is 1.72 bits per heavy atom. The molecular weight excluding hydrogens is 335 g/mol. The molecule has 0 saturated heterocycles. The van der Waals surface area contributed by atoms with Crippen molar-refractivity contribution in [2.24, 2.45) is 0 Å². The summed E-state index contributed by atoms with van der Waals surface area (Å²) in [5.41, 5.74) is 0.0866. The minimum Gasteiger partial charge on any atom is -0.493 e. The number of anilines is 1. The molecule has 0 aliphatic heterocycles. The average molecular weight is 353 g/mol. The van der Waals surface area contributed by atoms with Crippen molar-refractivity contribution in [2.75, 3.05) is 19.5 Å². The predicted molar refractivity (Wildman–Crippen MR) is 88.1 cm³/mol. The standard InChI is InChI=1S/C18H18F3NO3/c1-11-4-6-13(10-14(11)18(19,20)21)22-17(23)9-12-5-7-15(24-2)16(8-12)25-3/h4-8,10H,9H2,1-3H3,(H,22,23). The maximum atomic E-state index is 12.9. The molecule has 134 valence electrons. The number of halogens is 3. The molecule has 0 aliphatic carbocycles. The number of alkyl halides is 3. The fourth-order valence-corrected chi connectivity index (χ4v) is 2.39. The van der Waals surface area contributed by atoms with E-state index < -0.39 is 17.6 Å². The van der Waals surface area contributed by atoms with Crippen LogP contribution in [0.15, 0.2) is 36.4 Å². The topological polar surface area (TPSA) is 47.6 Å². The van der Waals surface area contributed by atoms with Gasteiger partial charge in [-0.25, -0.2) is 0 Å². The molecule has 0 aliphatic rings. The van der Waals surface area contributed by atoms with Crippen LogP contribution >= 0.6 is 0 Å². The predicted octanol–water partition coefficient (Wildman–Crippen LogP) is 4.21. The van der Waals surface area contributed by atoms with Crippen molar-refractivity contribution in [3.63, 3.8) is 0 Å². The van der Waals surface area contributed by atoms with Crippen LogP contribution in [0.4, 0.5) is 18.9 Å². The third kappa shape index (κ3) is 4.65. The largest absolute Gasteiger partial charge is 0.493 e. The zero-order valence-electron chi connectivity index (χ0n) is 14.0. The summed E-state index contributed by atoms with van der Waals surface area (Å²) in [6.07, 6.45) is -4.47. The van der Waals surface area contributed by atoms with Gasteiger partial charge in [0, 0.05) is 5.69 Å². The van der Waals surface area contributed by atoms with Gasteiger partial charge in [-0.2, -0.15) is 13.2 Å². The third-order valence-corrected chi connectivity index (χ3v) is 3.64. The Morgan fingerprint density at radius 3 is 2.32 bits per heavy atom. The van der Waals surface area contributed by atoms with Gasteiger partial charge in [0.05, 0.1) is 26.2 Å². The molecule has 2 aromatic carbocycles. The van der Waals surface area contributed by atoms with Gasteiger partial charge in [0.2, 0.25) is 5.91 Å². The van der Waals surface area contributed by atoms with Crippen LogP contribution in [0.2, 0.25) is 0 Å². The van der Waals surface area contributed by atoms with Crippen LogP contribution in [0.25, 0.3) is 0 Å². The summed E-state index contributed by atoms with van der Waals surface area (Å²) in [5, 5.41) is 2.49. The van der Waals surface area contributed by atoms with Crippen molar-refractivity contribution in [2.45, 2.75) is 19.5 Å². The number of carbonyl (C=O) groups excluding carboxylic acids is 1. The lowest BCUT2D eigenvalue weighted by Gasteiger charge is -2.13. The minimum atomic E-state index is -4.46. The number of rotatable bonds is 5. The summed E-state index contributed by atoms with van der Waals surface area (Å²) < 4.78 is 49.1. The highest BCUT2D eigenvalue weighted by atomic mass is 19.4. The molecule has 4 nitrogen and oxygen atoms in total. The summed E-state index contributed by atoms with van der Waals surface area (Å²) in [6, 6.07) is 8.70. The van der Waals surface area contributed by atoms with Gasteiger partial charge in [-0.3, -0.25) is 4.79 Å². The number of aryl methyl sites for hydroxylation is 1. The Balaban J connectivity index is 2.13. The van der Waals surface area contributed by atoms with E-state index >= 15 is 0 Å². The second-order valence-corrected chi connectivity index (χ2v) is 5.44. The summed E-state index contributed by atoms with van der Waals surface area (Å²) in [6.45, 7) is 1.37. The monoisotopic (exact) mass is 353 g/mol. The Kier molecular flexibility index (Phi) is 5.56. The molecular formula is C18H18F3NO3. The summed E-state index contributed by atoms with van der Waals surface area (Å²) in [7, 11) is 2.98. The number of ether oxygens (including phenoxy) is 2. The zero-order valence-corrected chi connectivity index (χ0v) is 14.0. The number of hydrogen-bond donors (Lipinski definition) is 1. The fourth-order valence-electron chi connectivity index (χ4n) is 2.39. The minimum absolute atomic E-state index is 0.00438. The number of nitrogens with one attached hydrogen (secondary N) is 1. The quantitative estimate of drug-likeness (QED) is 0.876. The van der Waals surface area contributed by atoms with E-state index in [4.69, 9.17) is 9.47 Å². The molecule has 1 N–H and O–H groups in total. The fraction of sp³-hybridized carbons (Fsp3) is 0.278. The number of carbonyl (C=O) groups is 1. The molecule has 7 heteroatoms. The van der Waals surface area contributed by atoms with E-state index in [0.29, 0.717) is 17.1 Å². The van der Waals surface area contributed by atoms with Gasteiger partial charge >= 0.3 is 6.18 Å². The van der Waals surface area contributed by atoms with E-state index in [1.807, 2.05) is 0 Å². The van der Waals surface area contributed by atoms with Crippen molar-refractivity contribution in [3.05, 3.63) is 53.1 Å². The summed E-state index contributed by atoms with van der Waals surface area (Å²) >= 11 is 0. The first kappa shape index (κ1) is 18.6. The van der Waals surface area contributed by atoms with Crippen LogP contribution in [0.1, 0.15) is 16.7 Å². The molecule has 1 amide bonds. The van der Waals surface area contributed by atoms with Gasteiger partial charge in [-0.05, 0) is 42.3 Å². The molecule has 25 heavy (non-hydrogen) atoms. The molecule has 0 unspecified atom stereocenters. The average Bonchev–Trinajstić information content (AvgIpc) is 2.55. The molecule has 0 fully saturated rings. The molecule has 0 bridgehead atoms. The van der Waals surface area contributed by atoms with E-state index in [9.17, 15) is 18.0 Å². The summed E-state index contributed by atoms with van der Waals surface area (Å²) in [5.74, 6) is 0.576. The van der Waals surface area contributed by atoms with Crippen LogP contribution in [-0.4, -0.2) is 20.1 Å². The number of benzene rings is 2. The first-order chi connectivity index (χ1) is 11.7.